The SMILES string of the molecule is NNC(CSc1cccc(Br)c1)Cc1c(F)cccc1F. The Balaban J connectivity index is 2.00. The zero-order valence-corrected chi connectivity index (χ0v) is 13.6. The van der Waals surface area contributed by atoms with Crippen LogP contribution in [-0.2, 0) is 6.42 Å². The van der Waals surface area contributed by atoms with Gasteiger partial charge in [0.25, 0.3) is 0 Å². The van der Waals surface area contributed by atoms with E-state index in [4.69, 9.17) is 5.84 Å². The van der Waals surface area contributed by atoms with Crippen molar-refractivity contribution in [3.05, 3.63) is 64.1 Å². The standard InChI is InChI=1S/C15H15BrF2N2S/c16-10-3-1-4-12(7-10)21-9-11(20-19)8-13-14(17)5-2-6-15(13)18/h1-7,11,20H,8-9,19H2. The van der Waals surface area contributed by atoms with Gasteiger partial charge in [0, 0.05) is 26.7 Å². The summed E-state index contributed by atoms with van der Waals surface area (Å²) in [5.74, 6) is 5.03. The van der Waals surface area contributed by atoms with Gasteiger partial charge in [-0.25, -0.2) is 8.78 Å². The predicted molar refractivity (Wildman–Crippen MR) is 86.0 cm³/mol. The molecule has 0 heterocycles. The molecule has 0 bridgehead atoms. The molecule has 1 unspecified atom stereocenters. The van der Waals surface area contributed by atoms with Crippen LogP contribution in [0.3, 0.4) is 0 Å². The van der Waals surface area contributed by atoms with Gasteiger partial charge in [-0.2, -0.15) is 0 Å². The van der Waals surface area contributed by atoms with Gasteiger partial charge in [0.1, 0.15) is 11.6 Å². The van der Waals surface area contributed by atoms with E-state index >= 15 is 0 Å². The van der Waals surface area contributed by atoms with Crippen LogP contribution in [-0.4, -0.2) is 11.8 Å². The van der Waals surface area contributed by atoms with Gasteiger partial charge in [-0.05, 0) is 36.8 Å². The second-order valence-electron chi connectivity index (χ2n) is 4.54. The third kappa shape index (κ3) is 4.78. The number of nitrogens with two attached hydrogens (primary N) is 1. The molecule has 0 radical (unpaired) electrons. The number of thioether (sulfide) groups is 1. The molecule has 0 fully saturated rings. The van der Waals surface area contributed by atoms with E-state index < -0.39 is 11.6 Å². The molecular formula is C15H15BrF2N2S. The lowest BCUT2D eigenvalue weighted by molar-refractivity contribution is 0.512. The smallest absolute Gasteiger partial charge is 0.129 e. The molecule has 6 heteroatoms. The number of hydrogen-bond donors (Lipinski definition) is 2. The maximum atomic E-state index is 13.6. The molecule has 3 N–H and O–H groups in total. The second-order valence-corrected chi connectivity index (χ2v) is 6.55. The third-order valence-corrected chi connectivity index (χ3v) is 4.64. The molecule has 21 heavy (non-hydrogen) atoms. The quantitative estimate of drug-likeness (QED) is 0.458. The van der Waals surface area contributed by atoms with Gasteiger partial charge in [0.2, 0.25) is 0 Å². The van der Waals surface area contributed by atoms with E-state index in [2.05, 4.69) is 21.4 Å². The second kappa shape index (κ2) is 7.89. The van der Waals surface area contributed by atoms with Crippen LogP contribution < -0.4 is 11.3 Å². The Morgan fingerprint density at radius 3 is 2.43 bits per heavy atom. The van der Waals surface area contributed by atoms with Crippen molar-refractivity contribution in [3.8, 4) is 0 Å². The zero-order chi connectivity index (χ0) is 15.2. The van der Waals surface area contributed by atoms with Crippen molar-refractivity contribution in [2.45, 2.75) is 17.4 Å². The van der Waals surface area contributed by atoms with Gasteiger partial charge in [-0.15, -0.1) is 11.8 Å². The lowest BCUT2D eigenvalue weighted by Crippen LogP contribution is -2.39. The molecule has 2 aromatic carbocycles. The van der Waals surface area contributed by atoms with Gasteiger partial charge in [0.15, 0.2) is 0 Å². The first-order chi connectivity index (χ1) is 10.1. The van der Waals surface area contributed by atoms with Crippen LogP contribution in [0.1, 0.15) is 5.56 Å². The van der Waals surface area contributed by atoms with Crippen molar-refractivity contribution >= 4 is 27.7 Å². The van der Waals surface area contributed by atoms with E-state index in [1.54, 1.807) is 11.8 Å². The van der Waals surface area contributed by atoms with E-state index in [1.807, 2.05) is 24.3 Å². The normalized spacial score (nSPS) is 12.4. The highest BCUT2D eigenvalue weighted by atomic mass is 79.9. The molecule has 0 amide bonds. The molecule has 0 saturated carbocycles. The van der Waals surface area contributed by atoms with Crippen LogP contribution in [0.5, 0.6) is 0 Å². The van der Waals surface area contributed by atoms with Crippen LogP contribution in [0, 0.1) is 11.6 Å². The number of benzene rings is 2. The molecule has 2 nitrogen and oxygen atoms in total. The van der Waals surface area contributed by atoms with E-state index in [0.717, 1.165) is 9.37 Å². The highest BCUT2D eigenvalue weighted by Gasteiger charge is 2.15. The first kappa shape index (κ1) is 16.4. The van der Waals surface area contributed by atoms with Gasteiger partial charge < -0.3 is 0 Å². The van der Waals surface area contributed by atoms with Crippen molar-refractivity contribution < 1.29 is 8.78 Å². The summed E-state index contributed by atoms with van der Waals surface area (Å²) >= 11 is 4.99. The summed E-state index contributed by atoms with van der Waals surface area (Å²) in [6.07, 6.45) is 0.204. The Bertz CT molecular complexity index is 590. The summed E-state index contributed by atoms with van der Waals surface area (Å²) in [5.41, 5.74) is 2.69. The number of hydrazine groups is 1. The predicted octanol–water partition coefficient (Wildman–Crippen LogP) is 3.89. The van der Waals surface area contributed by atoms with E-state index in [-0.39, 0.29) is 18.0 Å². The number of halogens is 3. The summed E-state index contributed by atoms with van der Waals surface area (Å²) in [5, 5.41) is 0. The summed E-state index contributed by atoms with van der Waals surface area (Å²) in [7, 11) is 0. The fourth-order valence-corrected chi connectivity index (χ4v) is 3.44. The van der Waals surface area contributed by atoms with Crippen molar-refractivity contribution in [1.29, 1.82) is 0 Å². The first-order valence-corrected chi connectivity index (χ1v) is 8.15. The summed E-state index contributed by atoms with van der Waals surface area (Å²) in [6.45, 7) is 0. The van der Waals surface area contributed by atoms with Gasteiger partial charge in [-0.1, -0.05) is 28.1 Å². The third-order valence-electron chi connectivity index (χ3n) is 3.00. The monoisotopic (exact) mass is 372 g/mol. The van der Waals surface area contributed by atoms with Crippen LogP contribution in [0.15, 0.2) is 51.8 Å². The zero-order valence-electron chi connectivity index (χ0n) is 11.2. The fraction of sp³-hybridized carbons (Fsp3) is 0.200. The molecule has 112 valence electrons. The highest BCUT2D eigenvalue weighted by molar-refractivity contribution is 9.10. The average molecular weight is 373 g/mol. The maximum absolute atomic E-state index is 13.6. The number of rotatable bonds is 6. The van der Waals surface area contributed by atoms with Crippen molar-refractivity contribution in [3.63, 3.8) is 0 Å². The lowest BCUT2D eigenvalue weighted by Gasteiger charge is -2.16. The minimum absolute atomic E-state index is 0.0651. The molecule has 2 rings (SSSR count). The van der Waals surface area contributed by atoms with Gasteiger partial charge in [0.05, 0.1) is 0 Å². The molecule has 0 saturated heterocycles. The van der Waals surface area contributed by atoms with Crippen LogP contribution in [0.4, 0.5) is 8.78 Å². The summed E-state index contributed by atoms with van der Waals surface area (Å²) in [4.78, 5) is 1.07. The molecule has 0 aliphatic rings. The first-order valence-electron chi connectivity index (χ1n) is 6.37. The van der Waals surface area contributed by atoms with Crippen molar-refractivity contribution in [2.75, 3.05) is 5.75 Å². The van der Waals surface area contributed by atoms with Crippen molar-refractivity contribution in [1.82, 2.24) is 5.43 Å². The van der Waals surface area contributed by atoms with Gasteiger partial charge >= 0.3 is 0 Å². The molecular weight excluding hydrogens is 358 g/mol. The minimum atomic E-state index is -0.539. The van der Waals surface area contributed by atoms with Crippen molar-refractivity contribution in [2.24, 2.45) is 5.84 Å². The molecule has 0 spiro atoms. The summed E-state index contributed by atoms with van der Waals surface area (Å²) < 4.78 is 28.3. The lowest BCUT2D eigenvalue weighted by atomic mass is 10.1. The highest BCUT2D eigenvalue weighted by Crippen LogP contribution is 2.23. The Morgan fingerprint density at radius 1 is 1.14 bits per heavy atom. The number of hydrogen-bond acceptors (Lipinski definition) is 3. The van der Waals surface area contributed by atoms with Crippen LogP contribution in [0.25, 0.3) is 0 Å². The minimum Gasteiger partial charge on any atom is -0.271 e. The largest absolute Gasteiger partial charge is 0.271 e. The molecule has 2 aromatic rings. The summed E-state index contributed by atoms with van der Waals surface area (Å²) in [6, 6.07) is 11.5. The topological polar surface area (TPSA) is 38.0 Å². The molecule has 0 aliphatic heterocycles. The Hall–Kier alpha value is -0.950. The maximum Gasteiger partial charge on any atom is 0.129 e. The molecule has 0 aromatic heterocycles. The number of nitrogens with one attached hydrogen (secondary N) is 1. The average Bonchev–Trinajstić information content (AvgIpc) is 2.46. The van der Waals surface area contributed by atoms with Crippen LogP contribution >= 0.6 is 27.7 Å². The Labute approximate surface area is 135 Å². The molecule has 0 aliphatic carbocycles. The molecule has 1 atom stereocenters. The van der Waals surface area contributed by atoms with Gasteiger partial charge in [-0.3, -0.25) is 11.3 Å². The van der Waals surface area contributed by atoms with E-state index in [0.29, 0.717) is 5.75 Å². The van der Waals surface area contributed by atoms with E-state index in [9.17, 15) is 8.78 Å². The Morgan fingerprint density at radius 2 is 1.81 bits per heavy atom. The fourth-order valence-electron chi connectivity index (χ4n) is 1.89. The van der Waals surface area contributed by atoms with Crippen LogP contribution in [0.2, 0.25) is 0 Å². The van der Waals surface area contributed by atoms with E-state index in [1.165, 1.54) is 18.2 Å². The Kier molecular flexibility index (Phi) is 6.17.